The number of fused-ring (bicyclic) bond motifs is 1. The summed E-state index contributed by atoms with van der Waals surface area (Å²) >= 11 is 7.99. The van der Waals surface area contributed by atoms with Crippen LogP contribution in [0.4, 0.5) is 10.1 Å². The van der Waals surface area contributed by atoms with Crippen LogP contribution in [0, 0.1) is 5.82 Å². The molecular formula is C18H18ClFINO4. The molecule has 0 saturated carbocycles. The quantitative estimate of drug-likeness (QED) is 0.274. The minimum atomic E-state index is -0.656. The van der Waals surface area contributed by atoms with Crippen LogP contribution in [0.3, 0.4) is 0 Å². The average molecular weight is 494 g/mol. The Balaban J connectivity index is 2.44. The number of benzene rings is 1. The topological polar surface area (TPSA) is 55.8 Å². The van der Waals surface area contributed by atoms with Gasteiger partial charge < -0.3 is 14.4 Å². The van der Waals surface area contributed by atoms with E-state index in [9.17, 15) is 14.0 Å². The number of nitrogens with zero attached hydrogens (tertiary/aromatic N) is 1. The van der Waals surface area contributed by atoms with Gasteiger partial charge in [0.15, 0.2) is 6.61 Å². The normalized spacial score (nSPS) is 14.1. The number of allylic oxidation sites excluding steroid dienone is 3. The van der Waals surface area contributed by atoms with E-state index in [0.29, 0.717) is 20.5 Å². The second-order valence-electron chi connectivity index (χ2n) is 6.61. The van der Waals surface area contributed by atoms with Gasteiger partial charge in [-0.2, -0.15) is 0 Å². The van der Waals surface area contributed by atoms with E-state index in [4.69, 9.17) is 21.1 Å². The lowest BCUT2D eigenvalue weighted by molar-refractivity contribution is -0.157. The summed E-state index contributed by atoms with van der Waals surface area (Å²) in [5.41, 5.74) is 0.989. The molecule has 0 aromatic heterocycles. The monoisotopic (exact) mass is 493 g/mol. The van der Waals surface area contributed by atoms with E-state index in [-0.39, 0.29) is 17.2 Å². The fourth-order valence-electron chi connectivity index (χ4n) is 2.52. The standard InChI is InChI=1S/C18H18ClFINO4/c1-18(2,3)26-15(24)9-25-14-6-10(20)5-11-12(8-23)16(21)13(7-19)22(4)17(11)14/h5-6H,7,9H2,1-4H3. The Morgan fingerprint density at radius 2 is 2.04 bits per heavy atom. The smallest absolute Gasteiger partial charge is 0.344 e. The predicted molar refractivity (Wildman–Crippen MR) is 107 cm³/mol. The third-order valence-corrected chi connectivity index (χ3v) is 4.93. The van der Waals surface area contributed by atoms with Crippen molar-refractivity contribution in [2.45, 2.75) is 26.4 Å². The Kier molecular flexibility index (Phi) is 6.37. The van der Waals surface area contributed by atoms with E-state index in [2.05, 4.69) is 0 Å². The molecule has 8 heteroatoms. The van der Waals surface area contributed by atoms with Crippen molar-refractivity contribution in [3.63, 3.8) is 0 Å². The summed E-state index contributed by atoms with van der Waals surface area (Å²) < 4.78 is 25.4. The molecule has 0 saturated heterocycles. The van der Waals surface area contributed by atoms with Gasteiger partial charge in [0, 0.05) is 24.4 Å². The van der Waals surface area contributed by atoms with Crippen LogP contribution in [-0.2, 0) is 14.3 Å². The highest BCUT2D eigenvalue weighted by atomic mass is 127. The maximum Gasteiger partial charge on any atom is 0.344 e. The van der Waals surface area contributed by atoms with Gasteiger partial charge in [-0.25, -0.2) is 14.0 Å². The molecule has 5 nitrogen and oxygen atoms in total. The summed E-state index contributed by atoms with van der Waals surface area (Å²) in [5.74, 6) is 0.931. The van der Waals surface area contributed by atoms with Gasteiger partial charge in [0.05, 0.1) is 20.7 Å². The highest BCUT2D eigenvalue weighted by Gasteiger charge is 2.30. The average Bonchev–Trinajstić information content (AvgIpc) is 2.51. The lowest BCUT2D eigenvalue weighted by Gasteiger charge is -2.32. The third-order valence-electron chi connectivity index (χ3n) is 3.52. The molecule has 1 aromatic carbocycles. The fraction of sp³-hybridized carbons (Fsp3) is 0.389. The van der Waals surface area contributed by atoms with Gasteiger partial charge in [0.2, 0.25) is 0 Å². The SMILES string of the molecule is CN1C(CCl)=C(I)C(=C=O)c2cc(F)cc(OCC(=O)OC(C)(C)C)c21. The number of anilines is 1. The lowest BCUT2D eigenvalue weighted by Crippen LogP contribution is -2.28. The molecule has 0 fully saturated rings. The molecule has 1 heterocycles. The molecule has 2 rings (SSSR count). The maximum absolute atomic E-state index is 14.1. The summed E-state index contributed by atoms with van der Waals surface area (Å²) in [6, 6.07) is 2.39. The van der Waals surface area contributed by atoms with Crippen LogP contribution in [0.1, 0.15) is 26.3 Å². The van der Waals surface area contributed by atoms with Gasteiger partial charge in [0.1, 0.15) is 23.1 Å². The van der Waals surface area contributed by atoms with E-state index in [1.807, 2.05) is 28.5 Å². The van der Waals surface area contributed by atoms with Crippen molar-refractivity contribution in [3.05, 3.63) is 32.8 Å². The largest absolute Gasteiger partial charge is 0.480 e. The predicted octanol–water partition coefficient (Wildman–Crippen LogP) is 4.10. The number of carbonyl (C=O) groups excluding carboxylic acids is 2. The maximum atomic E-state index is 14.1. The second-order valence-corrected chi connectivity index (χ2v) is 7.95. The molecule has 0 radical (unpaired) electrons. The van der Waals surface area contributed by atoms with Crippen LogP contribution in [0.2, 0.25) is 0 Å². The first-order chi connectivity index (χ1) is 12.1. The Morgan fingerprint density at radius 1 is 1.38 bits per heavy atom. The molecule has 1 aliphatic heterocycles. The van der Waals surface area contributed by atoms with E-state index in [1.54, 1.807) is 32.7 Å². The zero-order chi connectivity index (χ0) is 19.6. The van der Waals surface area contributed by atoms with Crippen LogP contribution in [-0.4, -0.2) is 37.0 Å². The van der Waals surface area contributed by atoms with Crippen molar-refractivity contribution < 1.29 is 23.5 Å². The number of esters is 1. The van der Waals surface area contributed by atoms with Gasteiger partial charge >= 0.3 is 5.97 Å². The molecule has 0 bridgehead atoms. The summed E-state index contributed by atoms with van der Waals surface area (Å²) in [6.45, 7) is 4.83. The molecule has 0 aliphatic carbocycles. The van der Waals surface area contributed by atoms with Crippen molar-refractivity contribution in [1.29, 1.82) is 0 Å². The van der Waals surface area contributed by atoms with Gasteiger partial charge in [-0.15, -0.1) is 11.6 Å². The molecule has 1 aromatic rings. The Hall–Kier alpha value is -1.57. The summed E-state index contributed by atoms with van der Waals surface area (Å²) in [4.78, 5) is 25.1. The van der Waals surface area contributed by atoms with Gasteiger partial charge in [0.25, 0.3) is 0 Å². The van der Waals surface area contributed by atoms with E-state index < -0.39 is 24.0 Å². The number of hydrogen-bond acceptors (Lipinski definition) is 5. The van der Waals surface area contributed by atoms with E-state index in [1.165, 1.54) is 6.07 Å². The molecule has 0 spiro atoms. The number of carbonyl (C=O) groups is 1. The van der Waals surface area contributed by atoms with Gasteiger partial charge in [-0.3, -0.25) is 0 Å². The minimum Gasteiger partial charge on any atom is -0.480 e. The lowest BCUT2D eigenvalue weighted by atomic mass is 9.98. The molecule has 0 unspecified atom stereocenters. The highest BCUT2D eigenvalue weighted by Crippen LogP contribution is 2.46. The second kappa shape index (κ2) is 7.98. The first-order valence-electron chi connectivity index (χ1n) is 7.71. The van der Waals surface area contributed by atoms with Crippen molar-refractivity contribution in [2.75, 3.05) is 24.4 Å². The molecule has 0 N–H and O–H groups in total. The number of halogens is 3. The highest BCUT2D eigenvalue weighted by molar-refractivity contribution is 14.1. The van der Waals surface area contributed by atoms with E-state index >= 15 is 0 Å². The first kappa shape index (κ1) is 20.7. The molecule has 26 heavy (non-hydrogen) atoms. The Bertz CT molecular complexity index is 825. The molecular weight excluding hydrogens is 476 g/mol. The zero-order valence-corrected chi connectivity index (χ0v) is 17.7. The third kappa shape index (κ3) is 4.39. The Labute approximate surface area is 169 Å². The van der Waals surface area contributed by atoms with E-state index in [0.717, 1.165) is 6.07 Å². The Morgan fingerprint density at radius 3 is 2.58 bits per heavy atom. The summed E-state index contributed by atoms with van der Waals surface area (Å²) in [5, 5.41) is 0. The van der Waals surface area contributed by atoms with Crippen LogP contribution in [0.5, 0.6) is 5.75 Å². The van der Waals surface area contributed by atoms with Crippen LogP contribution >= 0.6 is 34.2 Å². The number of rotatable bonds is 4. The van der Waals surface area contributed by atoms with Crippen molar-refractivity contribution in [3.8, 4) is 5.75 Å². The number of ether oxygens (including phenoxy) is 2. The van der Waals surface area contributed by atoms with Crippen LogP contribution in [0.25, 0.3) is 5.57 Å². The summed E-state index contributed by atoms with van der Waals surface area (Å²) in [7, 11) is 1.73. The summed E-state index contributed by atoms with van der Waals surface area (Å²) in [6.07, 6.45) is 0. The minimum absolute atomic E-state index is 0.118. The van der Waals surface area contributed by atoms with Crippen molar-refractivity contribution >= 4 is 57.4 Å². The number of hydrogen-bond donors (Lipinski definition) is 0. The van der Waals surface area contributed by atoms with Crippen molar-refractivity contribution in [1.82, 2.24) is 0 Å². The molecule has 140 valence electrons. The fourth-order valence-corrected chi connectivity index (χ4v) is 4.01. The molecule has 0 atom stereocenters. The van der Waals surface area contributed by atoms with Gasteiger partial charge in [-0.05, 0) is 49.4 Å². The zero-order valence-electron chi connectivity index (χ0n) is 14.8. The van der Waals surface area contributed by atoms with Crippen molar-refractivity contribution in [2.24, 2.45) is 0 Å². The van der Waals surface area contributed by atoms with Crippen LogP contribution < -0.4 is 9.64 Å². The van der Waals surface area contributed by atoms with Crippen LogP contribution in [0.15, 0.2) is 21.4 Å². The van der Waals surface area contributed by atoms with Gasteiger partial charge in [-0.1, -0.05) is 0 Å². The molecule has 1 aliphatic rings. The molecule has 0 amide bonds. The number of alkyl halides is 1. The first-order valence-corrected chi connectivity index (χ1v) is 9.32.